The van der Waals surface area contributed by atoms with Gasteiger partial charge in [-0.15, -0.1) is 0 Å². The van der Waals surface area contributed by atoms with Gasteiger partial charge in [0.1, 0.15) is 5.82 Å². The van der Waals surface area contributed by atoms with Crippen molar-refractivity contribution in [1.29, 1.82) is 0 Å². The number of nitro groups is 1. The summed E-state index contributed by atoms with van der Waals surface area (Å²) in [6, 6.07) is 8.92. The maximum atomic E-state index is 11.4. The second-order valence-corrected chi connectivity index (χ2v) is 6.96. The molecule has 0 fully saturated rings. The van der Waals surface area contributed by atoms with Gasteiger partial charge in [0.05, 0.1) is 28.4 Å². The van der Waals surface area contributed by atoms with Crippen molar-refractivity contribution in [2.75, 3.05) is 18.5 Å². The zero-order chi connectivity index (χ0) is 22.4. The van der Waals surface area contributed by atoms with Gasteiger partial charge in [-0.3, -0.25) is 15.1 Å². The minimum Gasteiger partial charge on any atom is -0.351 e. The van der Waals surface area contributed by atoms with Gasteiger partial charge >= 0.3 is 0 Å². The minimum absolute atomic E-state index is 0.0631. The first-order chi connectivity index (χ1) is 14.9. The smallest absolute Gasteiger partial charge is 0.274 e. The molecule has 31 heavy (non-hydrogen) atoms. The molecule has 0 aliphatic rings. The number of nitrogens with one attached hydrogen (secondary N) is 1. The van der Waals surface area contributed by atoms with Crippen LogP contribution in [-0.2, 0) is 16.0 Å². The number of nitrogens with zero attached hydrogens (tertiary/aromatic N) is 4. The Balaban J connectivity index is 2.03. The first-order valence-electron chi connectivity index (χ1n) is 10.2. The predicted octanol–water partition coefficient (Wildman–Crippen LogP) is 4.61. The van der Waals surface area contributed by atoms with Crippen LogP contribution in [0.25, 0.3) is 11.3 Å². The van der Waals surface area contributed by atoms with Crippen LogP contribution in [0.4, 0.5) is 17.2 Å². The van der Waals surface area contributed by atoms with Crippen molar-refractivity contribution in [2.24, 2.45) is 0 Å². The van der Waals surface area contributed by atoms with Crippen molar-refractivity contribution >= 4 is 17.2 Å². The maximum absolute atomic E-state index is 11.4. The van der Waals surface area contributed by atoms with Crippen molar-refractivity contribution in [3.8, 4) is 11.3 Å². The molecule has 0 aliphatic carbocycles. The van der Waals surface area contributed by atoms with Crippen LogP contribution >= 0.6 is 0 Å². The van der Waals surface area contributed by atoms with E-state index in [1.54, 1.807) is 30.1 Å². The van der Waals surface area contributed by atoms with E-state index in [1.807, 2.05) is 39.0 Å². The predicted molar refractivity (Wildman–Crippen MR) is 118 cm³/mol. The normalized spacial score (nSPS) is 11.1. The van der Waals surface area contributed by atoms with Crippen molar-refractivity contribution in [3.05, 3.63) is 64.0 Å². The van der Waals surface area contributed by atoms with E-state index in [0.29, 0.717) is 36.8 Å². The van der Waals surface area contributed by atoms with E-state index in [9.17, 15) is 10.1 Å². The molecule has 0 amide bonds. The number of ether oxygens (including phenoxy) is 2. The number of hydrogen-bond acceptors (Lipinski definition) is 7. The Kier molecular flexibility index (Phi) is 7.32. The van der Waals surface area contributed by atoms with Crippen LogP contribution in [0.5, 0.6) is 0 Å². The Hall–Kier alpha value is -3.30. The molecule has 0 aliphatic heterocycles. The standard InChI is InChI=1S/C22H27N5O4/c1-5-30-21(31-6-2)14-26-20(12-18(25-26)17-8-7-11-23-13-17)24-22-15(3)9-10-19(16(22)4)27(28)29/h7-13,21,24H,5-6,14H2,1-4H3. The highest BCUT2D eigenvalue weighted by Gasteiger charge is 2.20. The highest BCUT2D eigenvalue weighted by atomic mass is 16.7. The Morgan fingerprint density at radius 3 is 2.55 bits per heavy atom. The van der Waals surface area contributed by atoms with Gasteiger partial charge in [-0.2, -0.15) is 5.10 Å². The number of benzene rings is 1. The molecule has 0 unspecified atom stereocenters. The van der Waals surface area contributed by atoms with E-state index >= 15 is 0 Å². The fourth-order valence-corrected chi connectivity index (χ4v) is 3.33. The van der Waals surface area contributed by atoms with Crippen LogP contribution < -0.4 is 5.32 Å². The molecule has 1 aromatic carbocycles. The lowest BCUT2D eigenvalue weighted by atomic mass is 10.1. The number of aryl methyl sites for hydroxylation is 1. The van der Waals surface area contributed by atoms with Crippen LogP contribution in [0.3, 0.4) is 0 Å². The minimum atomic E-state index is -0.468. The average molecular weight is 425 g/mol. The first-order valence-corrected chi connectivity index (χ1v) is 10.2. The summed E-state index contributed by atoms with van der Waals surface area (Å²) in [6.45, 7) is 8.83. The van der Waals surface area contributed by atoms with E-state index < -0.39 is 6.29 Å². The summed E-state index contributed by atoms with van der Waals surface area (Å²) in [5.41, 5.74) is 3.78. The van der Waals surface area contributed by atoms with Gasteiger partial charge in [-0.1, -0.05) is 6.07 Å². The molecule has 3 aromatic rings. The number of hydrogen-bond donors (Lipinski definition) is 1. The van der Waals surface area contributed by atoms with Gasteiger partial charge in [0, 0.05) is 43.3 Å². The third kappa shape index (κ3) is 5.25. The lowest BCUT2D eigenvalue weighted by Crippen LogP contribution is -2.25. The Morgan fingerprint density at radius 1 is 1.19 bits per heavy atom. The Morgan fingerprint density at radius 2 is 1.94 bits per heavy atom. The monoisotopic (exact) mass is 425 g/mol. The van der Waals surface area contributed by atoms with Gasteiger partial charge in [-0.05, 0) is 45.4 Å². The molecule has 2 aromatic heterocycles. The zero-order valence-corrected chi connectivity index (χ0v) is 18.2. The van der Waals surface area contributed by atoms with E-state index in [1.165, 1.54) is 6.07 Å². The summed E-state index contributed by atoms with van der Waals surface area (Å²) in [7, 11) is 0. The lowest BCUT2D eigenvalue weighted by molar-refractivity contribution is -0.385. The third-order valence-corrected chi connectivity index (χ3v) is 4.86. The molecule has 9 nitrogen and oxygen atoms in total. The summed E-state index contributed by atoms with van der Waals surface area (Å²) in [6.07, 6.45) is 2.97. The SMILES string of the molecule is CCOC(Cn1nc(-c2cccnc2)cc1Nc1c(C)ccc([N+](=O)[O-])c1C)OCC. The lowest BCUT2D eigenvalue weighted by Gasteiger charge is -2.19. The second-order valence-electron chi connectivity index (χ2n) is 6.96. The van der Waals surface area contributed by atoms with E-state index in [4.69, 9.17) is 14.6 Å². The summed E-state index contributed by atoms with van der Waals surface area (Å²) in [4.78, 5) is 15.2. The molecule has 3 rings (SSSR count). The first kappa shape index (κ1) is 22.4. The average Bonchev–Trinajstić information content (AvgIpc) is 3.14. The topological polar surface area (TPSA) is 104 Å². The molecule has 0 atom stereocenters. The van der Waals surface area contributed by atoms with Gasteiger partial charge in [0.15, 0.2) is 6.29 Å². The Bertz CT molecular complexity index is 1030. The van der Waals surface area contributed by atoms with E-state index in [-0.39, 0.29) is 10.6 Å². The molecule has 0 saturated heterocycles. The summed E-state index contributed by atoms with van der Waals surface area (Å²) in [5.74, 6) is 0.676. The molecule has 164 valence electrons. The fraction of sp³-hybridized carbons (Fsp3) is 0.364. The number of nitro benzene ring substituents is 1. The van der Waals surface area contributed by atoms with Crippen LogP contribution in [0.1, 0.15) is 25.0 Å². The highest BCUT2D eigenvalue weighted by Crippen LogP contribution is 2.32. The van der Waals surface area contributed by atoms with Gasteiger partial charge in [0.25, 0.3) is 5.69 Å². The van der Waals surface area contributed by atoms with Crippen LogP contribution in [0.15, 0.2) is 42.7 Å². The number of anilines is 2. The number of pyridine rings is 1. The van der Waals surface area contributed by atoms with Crippen LogP contribution in [0.2, 0.25) is 0 Å². The maximum Gasteiger partial charge on any atom is 0.274 e. The molecular weight excluding hydrogens is 398 g/mol. The van der Waals surface area contributed by atoms with Crippen LogP contribution in [0, 0.1) is 24.0 Å². The third-order valence-electron chi connectivity index (χ3n) is 4.86. The molecule has 1 N–H and O–H groups in total. The number of rotatable bonds is 10. The summed E-state index contributed by atoms with van der Waals surface area (Å²) < 4.78 is 13.1. The van der Waals surface area contributed by atoms with Crippen molar-refractivity contribution in [1.82, 2.24) is 14.8 Å². The molecule has 0 spiro atoms. The van der Waals surface area contributed by atoms with Crippen molar-refractivity contribution < 1.29 is 14.4 Å². The summed E-state index contributed by atoms with van der Waals surface area (Å²) >= 11 is 0. The quantitative estimate of drug-likeness (QED) is 0.287. The van der Waals surface area contributed by atoms with Gasteiger partial charge in [0.2, 0.25) is 0 Å². The van der Waals surface area contributed by atoms with E-state index in [0.717, 1.165) is 16.8 Å². The zero-order valence-electron chi connectivity index (χ0n) is 18.2. The van der Waals surface area contributed by atoms with Crippen molar-refractivity contribution in [2.45, 2.75) is 40.5 Å². The molecule has 0 radical (unpaired) electrons. The fourth-order valence-electron chi connectivity index (χ4n) is 3.33. The molecule has 0 saturated carbocycles. The molecule has 9 heteroatoms. The van der Waals surface area contributed by atoms with Gasteiger partial charge < -0.3 is 14.8 Å². The molecule has 0 bridgehead atoms. The molecular formula is C22H27N5O4. The van der Waals surface area contributed by atoms with Crippen LogP contribution in [-0.4, -0.2) is 39.2 Å². The largest absolute Gasteiger partial charge is 0.351 e. The van der Waals surface area contributed by atoms with Gasteiger partial charge in [-0.25, -0.2) is 4.68 Å². The van der Waals surface area contributed by atoms with E-state index in [2.05, 4.69) is 10.3 Å². The highest BCUT2D eigenvalue weighted by molar-refractivity contribution is 5.72. The molecule has 2 heterocycles. The second kappa shape index (κ2) is 10.1. The van der Waals surface area contributed by atoms with Crippen molar-refractivity contribution in [3.63, 3.8) is 0 Å². The number of aromatic nitrogens is 3. The Labute approximate surface area is 181 Å². The summed E-state index contributed by atoms with van der Waals surface area (Å²) in [5, 5.41) is 19.5.